The highest BCUT2D eigenvalue weighted by atomic mass is 35.5. The fourth-order valence-corrected chi connectivity index (χ4v) is 2.07. The second kappa shape index (κ2) is 5.27. The summed E-state index contributed by atoms with van der Waals surface area (Å²) in [5.41, 5.74) is 8.95. The third-order valence-corrected chi connectivity index (χ3v) is 3.00. The van der Waals surface area contributed by atoms with E-state index in [1.165, 1.54) is 0 Å². The number of hydrogen-bond acceptors (Lipinski definition) is 3. The van der Waals surface area contributed by atoms with Crippen LogP contribution in [0.4, 0.5) is 5.82 Å². The largest absolute Gasteiger partial charge is 0.496 e. The van der Waals surface area contributed by atoms with Gasteiger partial charge in [0.25, 0.3) is 0 Å². The van der Waals surface area contributed by atoms with Crippen LogP contribution in [0.3, 0.4) is 0 Å². The first-order valence-electron chi connectivity index (χ1n) is 5.63. The van der Waals surface area contributed by atoms with Gasteiger partial charge in [-0.15, -0.1) is 0 Å². The van der Waals surface area contributed by atoms with Crippen molar-refractivity contribution in [1.29, 1.82) is 0 Å². The van der Waals surface area contributed by atoms with Crippen molar-refractivity contribution < 1.29 is 4.74 Å². The van der Waals surface area contributed by atoms with Crippen LogP contribution in [0.5, 0.6) is 5.75 Å². The fourth-order valence-electron chi connectivity index (χ4n) is 1.87. The van der Waals surface area contributed by atoms with Crippen molar-refractivity contribution in [2.45, 2.75) is 13.3 Å². The molecule has 0 saturated carbocycles. The van der Waals surface area contributed by atoms with E-state index in [4.69, 9.17) is 22.1 Å². The zero-order valence-corrected chi connectivity index (χ0v) is 11.2. The average Bonchev–Trinajstić information content (AvgIpc) is 2.34. The molecule has 3 nitrogen and oxygen atoms in total. The molecule has 0 bridgehead atoms. The Kier molecular flexibility index (Phi) is 3.72. The molecule has 0 amide bonds. The SMILES string of the molecule is COc1ccc(Cl)cc1Cc1cc(C)cnc1N. The number of anilines is 1. The molecule has 94 valence electrons. The van der Waals surface area contributed by atoms with Gasteiger partial charge in [-0.1, -0.05) is 17.7 Å². The van der Waals surface area contributed by atoms with Gasteiger partial charge in [0, 0.05) is 23.2 Å². The highest BCUT2D eigenvalue weighted by molar-refractivity contribution is 6.30. The van der Waals surface area contributed by atoms with Crippen LogP contribution < -0.4 is 10.5 Å². The lowest BCUT2D eigenvalue weighted by molar-refractivity contribution is 0.410. The summed E-state index contributed by atoms with van der Waals surface area (Å²) in [5.74, 6) is 1.35. The normalized spacial score (nSPS) is 10.4. The van der Waals surface area contributed by atoms with Crippen LogP contribution in [0.1, 0.15) is 16.7 Å². The fraction of sp³-hybridized carbons (Fsp3) is 0.214. The van der Waals surface area contributed by atoms with E-state index in [1.54, 1.807) is 13.3 Å². The van der Waals surface area contributed by atoms with Crippen LogP contribution >= 0.6 is 11.6 Å². The van der Waals surface area contributed by atoms with Crippen molar-refractivity contribution in [3.63, 3.8) is 0 Å². The van der Waals surface area contributed by atoms with Crippen molar-refractivity contribution in [2.24, 2.45) is 0 Å². The Hall–Kier alpha value is -1.74. The molecule has 0 fully saturated rings. The minimum Gasteiger partial charge on any atom is -0.496 e. The van der Waals surface area contributed by atoms with Gasteiger partial charge in [0.15, 0.2) is 0 Å². The van der Waals surface area contributed by atoms with Crippen molar-refractivity contribution in [1.82, 2.24) is 4.98 Å². The monoisotopic (exact) mass is 262 g/mol. The number of hydrogen-bond donors (Lipinski definition) is 1. The molecule has 1 heterocycles. The lowest BCUT2D eigenvalue weighted by atomic mass is 10.0. The number of nitrogens with two attached hydrogens (primary N) is 1. The van der Waals surface area contributed by atoms with Gasteiger partial charge in [-0.3, -0.25) is 0 Å². The Bertz CT molecular complexity index is 570. The van der Waals surface area contributed by atoms with E-state index in [-0.39, 0.29) is 0 Å². The lowest BCUT2D eigenvalue weighted by Gasteiger charge is -2.10. The smallest absolute Gasteiger partial charge is 0.126 e. The number of ether oxygens (including phenoxy) is 1. The van der Waals surface area contributed by atoms with Crippen molar-refractivity contribution in [3.05, 3.63) is 52.2 Å². The van der Waals surface area contributed by atoms with Crippen LogP contribution in [0, 0.1) is 6.92 Å². The quantitative estimate of drug-likeness (QED) is 0.924. The summed E-state index contributed by atoms with van der Waals surface area (Å²) in [7, 11) is 1.64. The van der Waals surface area contributed by atoms with E-state index in [0.29, 0.717) is 17.3 Å². The highest BCUT2D eigenvalue weighted by Crippen LogP contribution is 2.26. The number of pyridine rings is 1. The maximum absolute atomic E-state index is 6.01. The number of benzene rings is 1. The highest BCUT2D eigenvalue weighted by Gasteiger charge is 2.08. The van der Waals surface area contributed by atoms with E-state index >= 15 is 0 Å². The summed E-state index contributed by atoms with van der Waals surface area (Å²) < 4.78 is 5.32. The minimum atomic E-state index is 0.544. The van der Waals surface area contributed by atoms with Gasteiger partial charge in [0.2, 0.25) is 0 Å². The Morgan fingerprint density at radius 2 is 2.06 bits per heavy atom. The van der Waals surface area contributed by atoms with Gasteiger partial charge in [-0.25, -0.2) is 4.98 Å². The first-order valence-corrected chi connectivity index (χ1v) is 6.01. The van der Waals surface area contributed by atoms with Crippen LogP contribution in [0.2, 0.25) is 5.02 Å². The third kappa shape index (κ3) is 2.74. The number of aryl methyl sites for hydroxylation is 1. The van der Waals surface area contributed by atoms with Crippen molar-refractivity contribution in [2.75, 3.05) is 12.8 Å². The summed E-state index contributed by atoms with van der Waals surface area (Å²) in [6.45, 7) is 1.99. The molecule has 0 aliphatic rings. The van der Waals surface area contributed by atoms with Crippen LogP contribution in [0.25, 0.3) is 0 Å². The molecule has 2 rings (SSSR count). The number of rotatable bonds is 3. The van der Waals surface area contributed by atoms with E-state index in [0.717, 1.165) is 22.4 Å². The summed E-state index contributed by atoms with van der Waals surface area (Å²) in [6, 6.07) is 7.59. The molecule has 0 aliphatic heterocycles. The Labute approximate surface area is 112 Å². The summed E-state index contributed by atoms with van der Waals surface area (Å²) in [6.07, 6.45) is 2.41. The zero-order chi connectivity index (χ0) is 13.1. The summed E-state index contributed by atoms with van der Waals surface area (Å²) >= 11 is 6.01. The maximum atomic E-state index is 6.01. The number of methoxy groups -OCH3 is 1. The molecule has 1 aromatic heterocycles. The molecule has 18 heavy (non-hydrogen) atoms. The molecular weight excluding hydrogens is 248 g/mol. The van der Waals surface area contributed by atoms with E-state index < -0.39 is 0 Å². The Morgan fingerprint density at radius 1 is 1.28 bits per heavy atom. The van der Waals surface area contributed by atoms with Gasteiger partial charge in [-0.05, 0) is 36.2 Å². The van der Waals surface area contributed by atoms with Gasteiger partial charge < -0.3 is 10.5 Å². The second-order valence-corrected chi connectivity index (χ2v) is 4.63. The first kappa shape index (κ1) is 12.7. The van der Waals surface area contributed by atoms with Gasteiger partial charge in [0.1, 0.15) is 11.6 Å². The average molecular weight is 263 g/mol. The summed E-state index contributed by atoms with van der Waals surface area (Å²) in [4.78, 5) is 4.16. The standard InChI is InChI=1S/C14H15ClN2O/c1-9-5-11(14(16)17-8-9)6-10-7-12(15)3-4-13(10)18-2/h3-5,7-8H,6H2,1-2H3,(H2,16,17). The van der Waals surface area contributed by atoms with E-state index in [9.17, 15) is 0 Å². The van der Waals surface area contributed by atoms with E-state index in [2.05, 4.69) is 4.98 Å². The molecule has 0 unspecified atom stereocenters. The van der Waals surface area contributed by atoms with Crippen LogP contribution in [0.15, 0.2) is 30.5 Å². The number of halogens is 1. The molecule has 1 aromatic carbocycles. The second-order valence-electron chi connectivity index (χ2n) is 4.19. The van der Waals surface area contributed by atoms with Crippen molar-refractivity contribution in [3.8, 4) is 5.75 Å². The third-order valence-electron chi connectivity index (χ3n) is 2.76. The predicted octanol–water partition coefficient (Wildman–Crippen LogP) is 3.23. The van der Waals surface area contributed by atoms with Gasteiger partial charge in [0.05, 0.1) is 7.11 Å². The molecule has 0 saturated heterocycles. The molecular formula is C14H15ClN2O. The molecule has 0 spiro atoms. The molecule has 0 atom stereocenters. The van der Waals surface area contributed by atoms with Crippen LogP contribution in [-0.2, 0) is 6.42 Å². The Balaban J connectivity index is 2.38. The summed E-state index contributed by atoms with van der Waals surface area (Å²) in [5, 5.41) is 0.685. The minimum absolute atomic E-state index is 0.544. The topological polar surface area (TPSA) is 48.1 Å². The van der Waals surface area contributed by atoms with E-state index in [1.807, 2.05) is 31.2 Å². The molecule has 0 aliphatic carbocycles. The maximum Gasteiger partial charge on any atom is 0.126 e. The Morgan fingerprint density at radius 3 is 2.78 bits per heavy atom. The molecule has 2 aromatic rings. The number of nitrogen functional groups attached to an aromatic ring is 1. The zero-order valence-electron chi connectivity index (χ0n) is 10.4. The van der Waals surface area contributed by atoms with Crippen molar-refractivity contribution >= 4 is 17.4 Å². The lowest BCUT2D eigenvalue weighted by Crippen LogP contribution is -2.01. The molecule has 0 radical (unpaired) electrons. The van der Waals surface area contributed by atoms with Gasteiger partial charge in [-0.2, -0.15) is 0 Å². The molecule has 4 heteroatoms. The van der Waals surface area contributed by atoms with Gasteiger partial charge >= 0.3 is 0 Å². The predicted molar refractivity (Wildman–Crippen MR) is 74.2 cm³/mol. The number of aromatic nitrogens is 1. The first-order chi connectivity index (χ1) is 8.60. The van der Waals surface area contributed by atoms with Crippen LogP contribution in [-0.4, -0.2) is 12.1 Å². The molecule has 2 N–H and O–H groups in total. The number of nitrogens with zero attached hydrogens (tertiary/aromatic N) is 1.